The van der Waals surface area contributed by atoms with Crippen molar-refractivity contribution >= 4 is 5.91 Å². The lowest BCUT2D eigenvalue weighted by Crippen LogP contribution is -2.40. The third-order valence-electron chi connectivity index (χ3n) is 5.20. The molecule has 1 amide bonds. The Hall–Kier alpha value is -1.39. The first-order valence-corrected chi connectivity index (χ1v) is 9.06. The number of hydrogen-bond donors (Lipinski definition) is 2. The zero-order chi connectivity index (χ0) is 15.9. The summed E-state index contributed by atoms with van der Waals surface area (Å²) < 4.78 is 0. The van der Waals surface area contributed by atoms with Crippen LogP contribution in [0.3, 0.4) is 0 Å². The Morgan fingerprint density at radius 1 is 1.17 bits per heavy atom. The Balaban J connectivity index is 1.34. The van der Waals surface area contributed by atoms with Crippen LogP contribution in [0.2, 0.25) is 0 Å². The van der Waals surface area contributed by atoms with Crippen molar-refractivity contribution in [2.75, 3.05) is 39.3 Å². The highest BCUT2D eigenvalue weighted by Crippen LogP contribution is 2.17. The summed E-state index contributed by atoms with van der Waals surface area (Å²) in [4.78, 5) is 14.7. The molecule has 0 spiro atoms. The van der Waals surface area contributed by atoms with Gasteiger partial charge in [0.05, 0.1) is 0 Å². The minimum atomic E-state index is 0.229. The van der Waals surface area contributed by atoms with Crippen molar-refractivity contribution in [1.29, 1.82) is 0 Å². The van der Waals surface area contributed by atoms with Gasteiger partial charge in [-0.2, -0.15) is 0 Å². The molecule has 23 heavy (non-hydrogen) atoms. The Morgan fingerprint density at radius 3 is 2.74 bits per heavy atom. The number of carbonyl (C=O) groups is 1. The molecule has 2 heterocycles. The van der Waals surface area contributed by atoms with Gasteiger partial charge in [-0.25, -0.2) is 0 Å². The first-order valence-electron chi connectivity index (χ1n) is 9.06. The summed E-state index contributed by atoms with van der Waals surface area (Å²) in [6, 6.07) is 10.7. The lowest BCUT2D eigenvalue weighted by Gasteiger charge is -2.22. The molecule has 1 aromatic rings. The van der Waals surface area contributed by atoms with Crippen molar-refractivity contribution < 1.29 is 4.79 Å². The van der Waals surface area contributed by atoms with Crippen LogP contribution in [0.25, 0.3) is 0 Å². The fourth-order valence-electron chi connectivity index (χ4n) is 3.69. The maximum absolute atomic E-state index is 12.2. The lowest BCUT2D eigenvalue weighted by atomic mass is 9.97. The van der Waals surface area contributed by atoms with Crippen molar-refractivity contribution in [1.82, 2.24) is 15.5 Å². The average molecular weight is 315 g/mol. The van der Waals surface area contributed by atoms with Gasteiger partial charge in [-0.15, -0.1) is 0 Å². The summed E-state index contributed by atoms with van der Waals surface area (Å²) in [6.07, 6.45) is 4.30. The molecule has 1 atom stereocenters. The van der Waals surface area contributed by atoms with Gasteiger partial charge in [-0.05, 0) is 56.8 Å². The molecule has 2 saturated heterocycles. The summed E-state index contributed by atoms with van der Waals surface area (Å²) >= 11 is 0. The van der Waals surface area contributed by atoms with Gasteiger partial charge < -0.3 is 15.5 Å². The number of piperidine rings is 1. The Labute approximate surface area is 139 Å². The zero-order valence-electron chi connectivity index (χ0n) is 14.0. The largest absolute Gasteiger partial charge is 0.356 e. The molecule has 1 aromatic carbocycles. The monoisotopic (exact) mass is 315 g/mol. The molecule has 4 nitrogen and oxygen atoms in total. The predicted octanol–water partition coefficient (Wildman–Crippen LogP) is 1.67. The van der Waals surface area contributed by atoms with Crippen molar-refractivity contribution in [3.63, 3.8) is 0 Å². The topological polar surface area (TPSA) is 44.4 Å². The summed E-state index contributed by atoms with van der Waals surface area (Å²) in [6.45, 7) is 6.23. The Kier molecular flexibility index (Phi) is 6.06. The van der Waals surface area contributed by atoms with Crippen LogP contribution in [-0.2, 0) is 11.2 Å². The number of rotatable bonds is 6. The average Bonchev–Trinajstić information content (AvgIpc) is 3.07. The number of nitrogens with zero attached hydrogens (tertiary/aromatic N) is 1. The van der Waals surface area contributed by atoms with Crippen LogP contribution >= 0.6 is 0 Å². The number of hydrogen-bond acceptors (Lipinski definition) is 3. The molecule has 2 fully saturated rings. The molecule has 4 heteroatoms. The summed E-state index contributed by atoms with van der Waals surface area (Å²) in [7, 11) is 0. The third kappa shape index (κ3) is 5.05. The van der Waals surface area contributed by atoms with Gasteiger partial charge in [0.25, 0.3) is 0 Å². The molecule has 0 radical (unpaired) electrons. The summed E-state index contributed by atoms with van der Waals surface area (Å²) in [5.74, 6) is 1.12. The predicted molar refractivity (Wildman–Crippen MR) is 93.3 cm³/mol. The van der Waals surface area contributed by atoms with E-state index < -0.39 is 0 Å². The minimum absolute atomic E-state index is 0.229. The molecule has 2 N–H and O–H groups in total. The van der Waals surface area contributed by atoms with E-state index in [1.807, 2.05) is 0 Å². The van der Waals surface area contributed by atoms with Crippen LogP contribution in [0.15, 0.2) is 30.3 Å². The third-order valence-corrected chi connectivity index (χ3v) is 5.20. The molecule has 2 aliphatic rings. The van der Waals surface area contributed by atoms with Crippen LogP contribution < -0.4 is 10.6 Å². The van der Waals surface area contributed by atoms with Crippen LogP contribution in [-0.4, -0.2) is 50.1 Å². The number of carbonyl (C=O) groups excluding carboxylic acids is 1. The Morgan fingerprint density at radius 2 is 1.96 bits per heavy atom. The van der Waals surface area contributed by atoms with Gasteiger partial charge in [0.15, 0.2) is 0 Å². The standard InChI is InChI=1S/C19H29N3O/c23-19(18-6-10-20-11-7-18)21-14-17-9-13-22(15-17)12-8-16-4-2-1-3-5-16/h1-5,17-18,20H,6-15H2,(H,21,23). The van der Waals surface area contributed by atoms with Gasteiger partial charge in [-0.3, -0.25) is 4.79 Å². The second-order valence-corrected chi connectivity index (χ2v) is 6.96. The SMILES string of the molecule is O=C(NCC1CCN(CCc2ccccc2)C1)C1CCNCC1. The molecule has 3 rings (SSSR count). The lowest BCUT2D eigenvalue weighted by molar-refractivity contribution is -0.125. The number of likely N-dealkylation sites (tertiary alicyclic amines) is 1. The molecular formula is C19H29N3O. The smallest absolute Gasteiger partial charge is 0.223 e. The first-order chi connectivity index (χ1) is 11.3. The van der Waals surface area contributed by atoms with Gasteiger partial charge >= 0.3 is 0 Å². The molecule has 0 saturated carbocycles. The summed E-state index contributed by atoms with van der Waals surface area (Å²) in [5, 5.41) is 6.51. The molecule has 126 valence electrons. The van der Waals surface area contributed by atoms with Crippen molar-refractivity contribution in [2.45, 2.75) is 25.7 Å². The van der Waals surface area contributed by atoms with E-state index >= 15 is 0 Å². The first kappa shape index (κ1) is 16.5. The van der Waals surface area contributed by atoms with Gasteiger partial charge in [-0.1, -0.05) is 30.3 Å². The highest BCUT2D eigenvalue weighted by molar-refractivity contribution is 5.78. The fourth-order valence-corrected chi connectivity index (χ4v) is 3.69. The molecule has 1 unspecified atom stereocenters. The van der Waals surface area contributed by atoms with E-state index in [9.17, 15) is 4.79 Å². The van der Waals surface area contributed by atoms with Gasteiger partial charge in [0.1, 0.15) is 0 Å². The van der Waals surface area contributed by atoms with E-state index in [2.05, 4.69) is 45.9 Å². The molecule has 0 bridgehead atoms. The fraction of sp³-hybridized carbons (Fsp3) is 0.632. The van der Waals surface area contributed by atoms with E-state index in [-0.39, 0.29) is 11.8 Å². The van der Waals surface area contributed by atoms with Crippen LogP contribution in [0.4, 0.5) is 0 Å². The second-order valence-electron chi connectivity index (χ2n) is 6.96. The van der Waals surface area contributed by atoms with Crippen LogP contribution in [0.5, 0.6) is 0 Å². The normalized spacial score (nSPS) is 23.0. The van der Waals surface area contributed by atoms with Crippen molar-refractivity contribution in [3.05, 3.63) is 35.9 Å². The molecule has 0 aliphatic carbocycles. The van der Waals surface area contributed by atoms with E-state index in [4.69, 9.17) is 0 Å². The molecular weight excluding hydrogens is 286 g/mol. The van der Waals surface area contributed by atoms with Gasteiger partial charge in [0, 0.05) is 25.6 Å². The van der Waals surface area contributed by atoms with E-state index in [0.717, 1.165) is 52.0 Å². The maximum atomic E-state index is 12.2. The quantitative estimate of drug-likeness (QED) is 0.839. The van der Waals surface area contributed by atoms with E-state index in [0.29, 0.717) is 5.92 Å². The van der Waals surface area contributed by atoms with E-state index in [1.165, 1.54) is 18.5 Å². The highest BCUT2D eigenvalue weighted by Gasteiger charge is 2.25. The Bertz CT molecular complexity index is 485. The van der Waals surface area contributed by atoms with Crippen LogP contribution in [0.1, 0.15) is 24.8 Å². The van der Waals surface area contributed by atoms with E-state index in [1.54, 1.807) is 0 Å². The molecule has 0 aromatic heterocycles. The summed E-state index contributed by atoms with van der Waals surface area (Å²) in [5.41, 5.74) is 1.41. The van der Waals surface area contributed by atoms with Crippen LogP contribution in [0, 0.1) is 11.8 Å². The second kappa shape index (κ2) is 8.46. The molecule has 2 aliphatic heterocycles. The number of benzene rings is 1. The minimum Gasteiger partial charge on any atom is -0.356 e. The maximum Gasteiger partial charge on any atom is 0.223 e. The number of nitrogens with one attached hydrogen (secondary N) is 2. The zero-order valence-corrected chi connectivity index (χ0v) is 14.0. The highest BCUT2D eigenvalue weighted by atomic mass is 16.1. The van der Waals surface area contributed by atoms with Gasteiger partial charge in [0.2, 0.25) is 5.91 Å². The van der Waals surface area contributed by atoms with Crippen molar-refractivity contribution in [2.24, 2.45) is 11.8 Å². The number of amides is 1. The van der Waals surface area contributed by atoms with Crippen molar-refractivity contribution in [3.8, 4) is 0 Å².